The summed E-state index contributed by atoms with van der Waals surface area (Å²) in [5, 5.41) is 3.69. The van der Waals surface area contributed by atoms with E-state index in [-0.39, 0.29) is 0 Å². The lowest BCUT2D eigenvalue weighted by molar-refractivity contribution is 0.100. The minimum Gasteiger partial charge on any atom is -0.378 e. The van der Waals surface area contributed by atoms with Crippen molar-refractivity contribution in [2.75, 3.05) is 24.7 Å². The summed E-state index contributed by atoms with van der Waals surface area (Å²) in [6.45, 7) is 8.98. The molecule has 2 nitrogen and oxygen atoms in total. The lowest BCUT2D eigenvalue weighted by Gasteiger charge is -2.20. The average Bonchev–Trinajstić information content (AvgIpc) is 2.84. The Morgan fingerprint density at radius 1 is 1.33 bits per heavy atom. The zero-order valence-corrected chi connectivity index (χ0v) is 13.2. The van der Waals surface area contributed by atoms with Crippen molar-refractivity contribution in [1.29, 1.82) is 0 Å². The summed E-state index contributed by atoms with van der Waals surface area (Å²) in [7, 11) is 0. The van der Waals surface area contributed by atoms with Crippen LogP contribution in [0.2, 0.25) is 0 Å². The highest BCUT2D eigenvalue weighted by molar-refractivity contribution is 7.99. The average molecular weight is 273 g/mol. The van der Waals surface area contributed by atoms with Crippen LogP contribution in [0.1, 0.15) is 52.9 Å². The standard InChI is InChI=1S/C15H31NOS/c1-4-9-16-14(12-18-11-13(2)3)7-8-15-6-5-10-17-15/h13-16H,4-12H2,1-3H3. The first-order valence-corrected chi connectivity index (χ1v) is 8.80. The van der Waals surface area contributed by atoms with Gasteiger partial charge < -0.3 is 10.1 Å². The number of thioether (sulfide) groups is 1. The largest absolute Gasteiger partial charge is 0.378 e. The van der Waals surface area contributed by atoms with Crippen molar-refractivity contribution in [3.8, 4) is 0 Å². The van der Waals surface area contributed by atoms with Crippen LogP contribution in [0.4, 0.5) is 0 Å². The topological polar surface area (TPSA) is 21.3 Å². The van der Waals surface area contributed by atoms with Gasteiger partial charge in [0.15, 0.2) is 0 Å². The van der Waals surface area contributed by atoms with Crippen molar-refractivity contribution >= 4 is 11.8 Å². The quantitative estimate of drug-likeness (QED) is 0.656. The van der Waals surface area contributed by atoms with Gasteiger partial charge in [-0.05, 0) is 50.3 Å². The number of hydrogen-bond donors (Lipinski definition) is 1. The Balaban J connectivity index is 2.16. The number of ether oxygens (including phenoxy) is 1. The van der Waals surface area contributed by atoms with Gasteiger partial charge in [-0.2, -0.15) is 11.8 Å². The van der Waals surface area contributed by atoms with Gasteiger partial charge in [0.05, 0.1) is 6.10 Å². The van der Waals surface area contributed by atoms with Gasteiger partial charge in [-0.15, -0.1) is 0 Å². The molecule has 1 saturated heterocycles. The van der Waals surface area contributed by atoms with Crippen LogP contribution in [0.3, 0.4) is 0 Å². The molecule has 1 rings (SSSR count). The highest BCUT2D eigenvalue weighted by atomic mass is 32.2. The molecule has 1 fully saturated rings. The summed E-state index contributed by atoms with van der Waals surface area (Å²) in [5.74, 6) is 3.34. The summed E-state index contributed by atoms with van der Waals surface area (Å²) >= 11 is 2.10. The van der Waals surface area contributed by atoms with E-state index in [1.165, 1.54) is 43.6 Å². The number of hydrogen-bond acceptors (Lipinski definition) is 3. The minimum absolute atomic E-state index is 0.547. The van der Waals surface area contributed by atoms with E-state index in [2.05, 4.69) is 37.8 Å². The monoisotopic (exact) mass is 273 g/mol. The second kappa shape index (κ2) is 10.1. The van der Waals surface area contributed by atoms with E-state index in [1.54, 1.807) is 0 Å². The zero-order chi connectivity index (χ0) is 13.2. The van der Waals surface area contributed by atoms with Gasteiger partial charge in [0.1, 0.15) is 0 Å². The third-order valence-electron chi connectivity index (χ3n) is 3.31. The Morgan fingerprint density at radius 3 is 2.78 bits per heavy atom. The highest BCUT2D eigenvalue weighted by Gasteiger charge is 2.17. The molecule has 3 heteroatoms. The van der Waals surface area contributed by atoms with E-state index in [1.807, 2.05) is 0 Å². The molecule has 1 aliphatic heterocycles. The van der Waals surface area contributed by atoms with Gasteiger partial charge in [-0.25, -0.2) is 0 Å². The normalized spacial score (nSPS) is 21.7. The first-order valence-electron chi connectivity index (χ1n) is 7.65. The molecule has 2 unspecified atom stereocenters. The first kappa shape index (κ1) is 16.3. The molecule has 0 bridgehead atoms. The maximum absolute atomic E-state index is 5.72. The molecule has 0 aromatic rings. The van der Waals surface area contributed by atoms with Crippen LogP contribution in [0, 0.1) is 5.92 Å². The van der Waals surface area contributed by atoms with E-state index in [0.29, 0.717) is 12.1 Å². The Bertz CT molecular complexity index is 193. The van der Waals surface area contributed by atoms with Crippen LogP contribution in [-0.2, 0) is 4.74 Å². The third-order valence-corrected chi connectivity index (χ3v) is 4.85. The van der Waals surface area contributed by atoms with Crippen molar-refractivity contribution in [2.24, 2.45) is 5.92 Å². The molecule has 18 heavy (non-hydrogen) atoms. The second-order valence-electron chi connectivity index (χ2n) is 5.79. The Kier molecular flexibility index (Phi) is 9.16. The minimum atomic E-state index is 0.547. The van der Waals surface area contributed by atoms with Gasteiger partial charge in [0, 0.05) is 18.4 Å². The van der Waals surface area contributed by atoms with Crippen molar-refractivity contribution in [3.05, 3.63) is 0 Å². The van der Waals surface area contributed by atoms with Gasteiger partial charge in [-0.3, -0.25) is 0 Å². The third kappa shape index (κ3) is 7.65. The molecule has 0 spiro atoms. The van der Waals surface area contributed by atoms with E-state index >= 15 is 0 Å². The molecule has 1 N–H and O–H groups in total. The van der Waals surface area contributed by atoms with E-state index in [4.69, 9.17) is 4.74 Å². The van der Waals surface area contributed by atoms with Gasteiger partial charge >= 0.3 is 0 Å². The SMILES string of the molecule is CCCNC(CCC1CCCO1)CSCC(C)C. The molecule has 108 valence electrons. The summed E-state index contributed by atoms with van der Waals surface area (Å²) in [4.78, 5) is 0. The Morgan fingerprint density at radius 2 is 2.17 bits per heavy atom. The molecular weight excluding hydrogens is 242 g/mol. The van der Waals surface area contributed by atoms with E-state index < -0.39 is 0 Å². The maximum atomic E-state index is 5.72. The Hall–Kier alpha value is 0.270. The van der Waals surface area contributed by atoms with Gasteiger partial charge in [-0.1, -0.05) is 20.8 Å². The fraction of sp³-hybridized carbons (Fsp3) is 1.00. The van der Waals surface area contributed by atoms with Crippen molar-refractivity contribution in [3.63, 3.8) is 0 Å². The van der Waals surface area contributed by atoms with Crippen molar-refractivity contribution in [2.45, 2.75) is 65.0 Å². The smallest absolute Gasteiger partial charge is 0.0576 e. The van der Waals surface area contributed by atoms with Crippen LogP contribution in [0.15, 0.2) is 0 Å². The number of nitrogens with one attached hydrogen (secondary N) is 1. The molecular formula is C15H31NOS. The molecule has 1 heterocycles. The molecule has 0 aliphatic carbocycles. The molecule has 0 amide bonds. The van der Waals surface area contributed by atoms with Crippen molar-refractivity contribution in [1.82, 2.24) is 5.32 Å². The predicted octanol–water partition coefficient (Wildman–Crippen LogP) is 3.70. The van der Waals surface area contributed by atoms with Crippen LogP contribution < -0.4 is 5.32 Å². The summed E-state index contributed by atoms with van der Waals surface area (Å²) in [6, 6.07) is 0.679. The molecule has 0 saturated carbocycles. The fourth-order valence-corrected chi connectivity index (χ4v) is 3.47. The Labute approximate surface area is 118 Å². The first-order chi connectivity index (χ1) is 8.72. The summed E-state index contributed by atoms with van der Waals surface area (Å²) < 4.78 is 5.72. The maximum Gasteiger partial charge on any atom is 0.0576 e. The van der Waals surface area contributed by atoms with E-state index in [9.17, 15) is 0 Å². The highest BCUT2D eigenvalue weighted by Crippen LogP contribution is 2.19. The van der Waals surface area contributed by atoms with E-state index in [0.717, 1.165) is 19.1 Å². The zero-order valence-electron chi connectivity index (χ0n) is 12.4. The van der Waals surface area contributed by atoms with Crippen molar-refractivity contribution < 1.29 is 4.74 Å². The fourth-order valence-electron chi connectivity index (χ4n) is 2.30. The molecule has 1 aliphatic rings. The molecule has 2 atom stereocenters. The lowest BCUT2D eigenvalue weighted by Crippen LogP contribution is -2.33. The summed E-state index contributed by atoms with van der Waals surface area (Å²) in [5.41, 5.74) is 0. The predicted molar refractivity (Wildman–Crippen MR) is 82.5 cm³/mol. The van der Waals surface area contributed by atoms with Crippen LogP contribution in [-0.4, -0.2) is 36.8 Å². The van der Waals surface area contributed by atoms with Crippen LogP contribution >= 0.6 is 11.8 Å². The number of rotatable bonds is 10. The van der Waals surface area contributed by atoms with Gasteiger partial charge in [0.25, 0.3) is 0 Å². The van der Waals surface area contributed by atoms with Gasteiger partial charge in [0.2, 0.25) is 0 Å². The van der Waals surface area contributed by atoms with Crippen LogP contribution in [0.5, 0.6) is 0 Å². The molecule has 0 radical (unpaired) electrons. The summed E-state index contributed by atoms with van der Waals surface area (Å²) in [6.07, 6.45) is 6.83. The van der Waals surface area contributed by atoms with Crippen LogP contribution in [0.25, 0.3) is 0 Å². The second-order valence-corrected chi connectivity index (χ2v) is 6.87. The molecule has 0 aromatic heterocycles. The molecule has 0 aromatic carbocycles. The lowest BCUT2D eigenvalue weighted by atomic mass is 10.1.